The first-order chi connectivity index (χ1) is 16.7. The Morgan fingerprint density at radius 2 is 1.74 bits per heavy atom. The monoisotopic (exact) mass is 473 g/mol. The second kappa shape index (κ2) is 7.75. The normalized spacial score (nSPS) is 29.2. The zero-order valence-corrected chi connectivity index (χ0v) is 20.2. The molecule has 0 bridgehead atoms. The fourth-order valence-electron chi connectivity index (χ4n) is 7.01. The van der Waals surface area contributed by atoms with E-state index in [-0.39, 0.29) is 34.8 Å². The number of quaternary nitrogens is 1. The molecule has 2 fully saturated rings. The van der Waals surface area contributed by atoms with Crippen LogP contribution in [0.15, 0.2) is 48.5 Å². The van der Waals surface area contributed by atoms with Crippen molar-refractivity contribution in [1.29, 1.82) is 0 Å². The lowest BCUT2D eigenvalue weighted by Crippen LogP contribution is -2.99. The van der Waals surface area contributed by atoms with E-state index in [1.54, 1.807) is 12.1 Å². The molecule has 1 aliphatic heterocycles. The average Bonchev–Trinajstić information content (AvgIpc) is 3.33. The van der Waals surface area contributed by atoms with E-state index in [0.717, 1.165) is 35.9 Å². The van der Waals surface area contributed by atoms with Crippen molar-refractivity contribution in [3.05, 3.63) is 65.0 Å². The van der Waals surface area contributed by atoms with Crippen LogP contribution in [0.25, 0.3) is 10.9 Å². The van der Waals surface area contributed by atoms with Crippen LogP contribution >= 0.6 is 0 Å². The van der Waals surface area contributed by atoms with Crippen LogP contribution in [-0.4, -0.2) is 22.0 Å². The smallest absolute Gasteiger partial charge is 0.243 e. The van der Waals surface area contributed by atoms with Crippen molar-refractivity contribution in [2.24, 2.45) is 23.2 Å². The minimum atomic E-state index is -1.04. The highest BCUT2D eigenvalue weighted by atomic mass is 16.8. The maximum Gasteiger partial charge on any atom is 0.243 e. The van der Waals surface area contributed by atoms with Gasteiger partial charge in [-0.15, -0.1) is 0 Å². The van der Waals surface area contributed by atoms with E-state index < -0.39 is 17.1 Å². The molecule has 1 saturated carbocycles. The highest BCUT2D eigenvalue weighted by Gasteiger charge is 2.59. The van der Waals surface area contributed by atoms with E-state index in [0.29, 0.717) is 11.6 Å². The summed E-state index contributed by atoms with van der Waals surface area (Å²) in [5.74, 6) is -0.481. The third kappa shape index (κ3) is 3.29. The fraction of sp³-hybridized carbons (Fsp3) is 0.429. The SMILES string of the molecule is CC(C)(C)C1CCC2c3c([nH]c4ccccc34)C3C(=O)N(c4ccc([NH+]([O-])O)cc4)C(=O)C3C2C1. The van der Waals surface area contributed by atoms with Gasteiger partial charge in [0.25, 0.3) is 0 Å². The molecule has 1 aromatic heterocycles. The summed E-state index contributed by atoms with van der Waals surface area (Å²) in [5, 5.41) is 20.7. The Bertz CT molecular complexity index is 1320. The van der Waals surface area contributed by atoms with Gasteiger partial charge in [-0.25, -0.2) is 10.1 Å². The van der Waals surface area contributed by atoms with Gasteiger partial charge in [-0.2, -0.15) is 5.23 Å². The van der Waals surface area contributed by atoms with Crippen molar-refractivity contribution in [1.82, 2.24) is 4.98 Å². The molecule has 35 heavy (non-hydrogen) atoms. The Morgan fingerprint density at radius 1 is 1.03 bits per heavy atom. The van der Waals surface area contributed by atoms with Gasteiger partial charge in [-0.05, 0) is 66.2 Å². The van der Waals surface area contributed by atoms with Crippen LogP contribution in [0.3, 0.4) is 0 Å². The molecule has 0 spiro atoms. The summed E-state index contributed by atoms with van der Waals surface area (Å²) in [6.07, 6.45) is 3.06. The number of anilines is 1. The molecule has 7 nitrogen and oxygen atoms in total. The van der Waals surface area contributed by atoms with Gasteiger partial charge in [0.2, 0.25) is 11.8 Å². The van der Waals surface area contributed by atoms with Gasteiger partial charge < -0.3 is 10.2 Å². The van der Waals surface area contributed by atoms with Crippen LogP contribution in [0.4, 0.5) is 11.4 Å². The largest absolute Gasteiger partial charge is 0.595 e. The van der Waals surface area contributed by atoms with Crippen molar-refractivity contribution in [2.75, 3.05) is 4.90 Å². The summed E-state index contributed by atoms with van der Waals surface area (Å²) < 4.78 is 0. The van der Waals surface area contributed by atoms with E-state index in [1.165, 1.54) is 22.6 Å². The summed E-state index contributed by atoms with van der Waals surface area (Å²) in [4.78, 5) is 32.7. The van der Waals surface area contributed by atoms with Crippen LogP contribution in [-0.2, 0) is 9.59 Å². The van der Waals surface area contributed by atoms with E-state index in [2.05, 4.69) is 31.8 Å². The second-order valence-electron chi connectivity index (χ2n) is 11.5. The number of carbonyl (C=O) groups excluding carboxylic acids is 2. The Balaban J connectivity index is 1.49. The zero-order chi connectivity index (χ0) is 24.6. The fourth-order valence-corrected chi connectivity index (χ4v) is 7.01. The number of fused-ring (bicyclic) bond motifs is 8. The average molecular weight is 474 g/mol. The molecule has 2 amide bonds. The molecule has 3 N–H and O–H groups in total. The number of nitrogens with one attached hydrogen (secondary N) is 2. The maximum absolute atomic E-state index is 14.0. The highest BCUT2D eigenvalue weighted by Crippen LogP contribution is 2.59. The Labute approximate surface area is 204 Å². The molecule has 6 atom stereocenters. The highest BCUT2D eigenvalue weighted by molar-refractivity contribution is 6.24. The number of H-pyrrole nitrogens is 1. The van der Waals surface area contributed by atoms with E-state index in [4.69, 9.17) is 0 Å². The van der Waals surface area contributed by atoms with Crippen molar-refractivity contribution < 1.29 is 20.0 Å². The number of hydrogen-bond acceptors (Lipinski definition) is 4. The molecule has 6 rings (SSSR count). The molecule has 3 aromatic rings. The molecule has 3 aliphatic rings. The van der Waals surface area contributed by atoms with Crippen LogP contribution in [0, 0.1) is 28.4 Å². The molecule has 7 heteroatoms. The van der Waals surface area contributed by atoms with Gasteiger partial charge in [-0.1, -0.05) is 39.0 Å². The second-order valence-corrected chi connectivity index (χ2v) is 11.5. The molecule has 2 aliphatic carbocycles. The molecular formula is C28H31N3O4. The van der Waals surface area contributed by atoms with Gasteiger partial charge in [0.15, 0.2) is 5.69 Å². The zero-order valence-electron chi connectivity index (χ0n) is 20.2. The summed E-state index contributed by atoms with van der Waals surface area (Å²) in [5.41, 5.74) is 3.84. The first-order valence-electron chi connectivity index (χ1n) is 12.5. The summed E-state index contributed by atoms with van der Waals surface area (Å²) in [6.45, 7) is 6.81. The maximum atomic E-state index is 14.0. The van der Waals surface area contributed by atoms with Crippen molar-refractivity contribution in [3.8, 4) is 0 Å². The van der Waals surface area contributed by atoms with Gasteiger partial charge in [-0.3, -0.25) is 9.59 Å². The molecule has 0 radical (unpaired) electrons. The molecular weight excluding hydrogens is 442 g/mol. The van der Waals surface area contributed by atoms with E-state index in [1.807, 2.05) is 18.2 Å². The van der Waals surface area contributed by atoms with Crippen LogP contribution in [0.2, 0.25) is 0 Å². The first kappa shape index (κ1) is 22.5. The minimum absolute atomic E-state index is 0.101. The van der Waals surface area contributed by atoms with Crippen molar-refractivity contribution >= 4 is 34.1 Å². The number of amides is 2. The van der Waals surface area contributed by atoms with Crippen molar-refractivity contribution in [2.45, 2.75) is 51.9 Å². The Kier molecular flexibility index (Phi) is 4.97. The van der Waals surface area contributed by atoms with Crippen LogP contribution < -0.4 is 10.1 Å². The molecule has 2 aromatic carbocycles. The van der Waals surface area contributed by atoms with E-state index >= 15 is 0 Å². The summed E-state index contributed by atoms with van der Waals surface area (Å²) in [6, 6.07) is 14.2. The van der Waals surface area contributed by atoms with Gasteiger partial charge in [0.1, 0.15) is 0 Å². The Morgan fingerprint density at radius 3 is 2.43 bits per heavy atom. The van der Waals surface area contributed by atoms with Gasteiger partial charge >= 0.3 is 0 Å². The molecule has 182 valence electrons. The molecule has 1 saturated heterocycles. The molecule has 6 unspecified atom stereocenters. The summed E-state index contributed by atoms with van der Waals surface area (Å²) in [7, 11) is 0. The number of aromatic amines is 1. The number of hydrogen-bond donors (Lipinski definition) is 3. The number of para-hydroxylation sites is 1. The van der Waals surface area contributed by atoms with Crippen LogP contribution in [0.1, 0.15) is 63.1 Å². The number of nitrogens with zero attached hydrogens (tertiary/aromatic N) is 1. The number of rotatable bonds is 2. The topological polar surface area (TPSA) is 101 Å². The van der Waals surface area contributed by atoms with E-state index in [9.17, 15) is 20.0 Å². The number of benzene rings is 2. The Hall–Kier alpha value is -3.00. The third-order valence-corrected chi connectivity index (χ3v) is 8.77. The van der Waals surface area contributed by atoms with Gasteiger partial charge in [0.05, 0.1) is 17.5 Å². The lowest BCUT2D eigenvalue weighted by molar-refractivity contribution is -0.991. The van der Waals surface area contributed by atoms with Crippen molar-refractivity contribution in [3.63, 3.8) is 0 Å². The number of carbonyl (C=O) groups is 2. The standard InChI is InChI=1S/C28H31N3O4/c1-28(2,3)15-8-13-18-20(14-15)23-24(25-22(18)19-6-4-5-7-21(19)29-25)27(33)30(26(23)32)16-9-11-17(12-10-16)31(34)35/h4-7,9-12,15,18,20,23-24,29,31,34H,8,13-14H2,1-3H3. The third-order valence-electron chi connectivity index (χ3n) is 8.77. The van der Waals surface area contributed by atoms with Crippen LogP contribution in [0.5, 0.6) is 0 Å². The number of aromatic nitrogens is 1. The predicted octanol–water partition coefficient (Wildman–Crippen LogP) is 4.40. The van der Waals surface area contributed by atoms with Gasteiger partial charge in [0, 0.05) is 28.7 Å². The predicted molar refractivity (Wildman–Crippen MR) is 132 cm³/mol. The summed E-state index contributed by atoms with van der Waals surface area (Å²) >= 11 is 0. The first-order valence-corrected chi connectivity index (χ1v) is 12.5. The lowest BCUT2D eigenvalue weighted by atomic mass is 9.56. The number of imide groups is 1. The molecule has 2 heterocycles. The minimum Gasteiger partial charge on any atom is -0.595 e. The lowest BCUT2D eigenvalue weighted by Gasteiger charge is -2.47. The quantitative estimate of drug-likeness (QED) is 0.379.